The fraction of sp³-hybridized carbons (Fsp3) is 0.188. The molecule has 0 atom stereocenters. The molecule has 0 aliphatic carbocycles. The summed E-state index contributed by atoms with van der Waals surface area (Å²) in [4.78, 5) is 0. The SMILES string of the molecule is CC(C)c1c(N)noc1-c1cccc2ccccc12. The summed E-state index contributed by atoms with van der Waals surface area (Å²) in [6.07, 6.45) is 0. The predicted molar refractivity (Wildman–Crippen MR) is 77.9 cm³/mol. The molecule has 0 unspecified atom stereocenters. The van der Waals surface area contributed by atoms with Crippen LogP contribution >= 0.6 is 0 Å². The topological polar surface area (TPSA) is 52.0 Å². The molecule has 1 aromatic heterocycles. The molecule has 3 aromatic rings. The minimum Gasteiger partial charge on any atom is -0.381 e. The van der Waals surface area contributed by atoms with Crippen LogP contribution in [-0.2, 0) is 0 Å². The van der Waals surface area contributed by atoms with Gasteiger partial charge in [-0.3, -0.25) is 0 Å². The third-order valence-electron chi connectivity index (χ3n) is 3.37. The minimum atomic E-state index is 0.278. The fourth-order valence-corrected chi connectivity index (χ4v) is 2.49. The molecule has 3 rings (SSSR count). The smallest absolute Gasteiger partial charge is 0.173 e. The highest BCUT2D eigenvalue weighted by molar-refractivity contribution is 5.96. The maximum Gasteiger partial charge on any atom is 0.173 e. The number of rotatable bonds is 2. The number of nitrogen functional groups attached to an aromatic ring is 1. The molecule has 0 bridgehead atoms. The molecule has 0 spiro atoms. The first kappa shape index (κ1) is 11.8. The van der Waals surface area contributed by atoms with Gasteiger partial charge in [0.15, 0.2) is 11.6 Å². The highest BCUT2D eigenvalue weighted by Crippen LogP contribution is 2.36. The lowest BCUT2D eigenvalue weighted by Crippen LogP contribution is -1.95. The third-order valence-corrected chi connectivity index (χ3v) is 3.37. The van der Waals surface area contributed by atoms with Crippen molar-refractivity contribution in [3.05, 3.63) is 48.0 Å². The molecule has 0 aliphatic heterocycles. The summed E-state index contributed by atoms with van der Waals surface area (Å²) in [6.45, 7) is 4.19. The van der Waals surface area contributed by atoms with Crippen LogP contribution in [0, 0.1) is 0 Å². The maximum atomic E-state index is 5.92. The number of benzene rings is 2. The van der Waals surface area contributed by atoms with Crippen molar-refractivity contribution in [1.82, 2.24) is 5.16 Å². The molecule has 1 heterocycles. The minimum absolute atomic E-state index is 0.278. The van der Waals surface area contributed by atoms with E-state index in [1.54, 1.807) is 0 Å². The number of hydrogen-bond donors (Lipinski definition) is 1. The molecule has 2 N–H and O–H groups in total. The molecule has 0 amide bonds. The van der Waals surface area contributed by atoms with Gasteiger partial charge < -0.3 is 10.3 Å². The first-order valence-corrected chi connectivity index (χ1v) is 6.41. The number of hydrogen-bond acceptors (Lipinski definition) is 3. The van der Waals surface area contributed by atoms with Crippen molar-refractivity contribution in [2.24, 2.45) is 0 Å². The number of nitrogens with two attached hydrogens (primary N) is 1. The van der Waals surface area contributed by atoms with Crippen molar-refractivity contribution >= 4 is 16.6 Å². The van der Waals surface area contributed by atoms with E-state index in [1.807, 2.05) is 24.3 Å². The van der Waals surface area contributed by atoms with Crippen molar-refractivity contribution in [1.29, 1.82) is 0 Å². The van der Waals surface area contributed by atoms with E-state index < -0.39 is 0 Å². The lowest BCUT2D eigenvalue weighted by Gasteiger charge is -2.08. The molecule has 3 nitrogen and oxygen atoms in total. The van der Waals surface area contributed by atoms with Crippen LogP contribution in [0.2, 0.25) is 0 Å². The van der Waals surface area contributed by atoms with Crippen LogP contribution in [-0.4, -0.2) is 5.16 Å². The van der Waals surface area contributed by atoms with Crippen LogP contribution in [0.5, 0.6) is 0 Å². The fourth-order valence-electron chi connectivity index (χ4n) is 2.49. The number of fused-ring (bicyclic) bond motifs is 1. The molecule has 0 aliphatic rings. The second-order valence-electron chi connectivity index (χ2n) is 4.99. The summed E-state index contributed by atoms with van der Waals surface area (Å²) in [5, 5.41) is 6.26. The Balaban J connectivity index is 2.31. The van der Waals surface area contributed by atoms with Crippen molar-refractivity contribution in [2.75, 3.05) is 5.73 Å². The summed E-state index contributed by atoms with van der Waals surface area (Å²) in [5.74, 6) is 1.54. The normalized spacial score (nSPS) is 11.3. The van der Waals surface area contributed by atoms with Crippen LogP contribution in [0.15, 0.2) is 47.0 Å². The average Bonchev–Trinajstić information content (AvgIpc) is 2.80. The molecular formula is C16H16N2O. The van der Waals surface area contributed by atoms with Gasteiger partial charge >= 0.3 is 0 Å². The average molecular weight is 252 g/mol. The zero-order valence-corrected chi connectivity index (χ0v) is 11.1. The molecule has 19 heavy (non-hydrogen) atoms. The standard InChI is InChI=1S/C16H16N2O/c1-10(2)14-15(19-18-16(14)17)13-9-5-7-11-6-3-4-8-12(11)13/h3-10H,1-2H3,(H2,17,18). The summed E-state index contributed by atoms with van der Waals surface area (Å²) in [6, 6.07) is 14.4. The molecule has 96 valence electrons. The van der Waals surface area contributed by atoms with E-state index in [1.165, 1.54) is 5.39 Å². The Labute approximate surface area is 112 Å². The summed E-state index contributed by atoms with van der Waals surface area (Å²) >= 11 is 0. The van der Waals surface area contributed by atoms with E-state index in [2.05, 4.69) is 37.2 Å². The lowest BCUT2D eigenvalue weighted by atomic mass is 9.96. The van der Waals surface area contributed by atoms with Gasteiger partial charge in [-0.1, -0.05) is 61.5 Å². The molecule has 2 aromatic carbocycles. The highest BCUT2D eigenvalue weighted by atomic mass is 16.5. The van der Waals surface area contributed by atoms with E-state index >= 15 is 0 Å². The summed E-state index contributed by atoms with van der Waals surface area (Å²) < 4.78 is 5.48. The van der Waals surface area contributed by atoms with E-state index in [4.69, 9.17) is 10.3 Å². The third kappa shape index (κ3) is 1.87. The van der Waals surface area contributed by atoms with Gasteiger partial charge in [-0.15, -0.1) is 0 Å². The highest BCUT2D eigenvalue weighted by Gasteiger charge is 2.19. The maximum absolute atomic E-state index is 5.92. The van der Waals surface area contributed by atoms with Crippen LogP contribution in [0.3, 0.4) is 0 Å². The second kappa shape index (κ2) is 4.43. The first-order valence-electron chi connectivity index (χ1n) is 6.41. The zero-order chi connectivity index (χ0) is 13.4. The monoisotopic (exact) mass is 252 g/mol. The Morgan fingerprint density at radius 2 is 1.79 bits per heavy atom. The van der Waals surface area contributed by atoms with Crippen molar-refractivity contribution in [3.8, 4) is 11.3 Å². The van der Waals surface area contributed by atoms with Gasteiger partial charge in [0.1, 0.15) is 0 Å². The Bertz CT molecular complexity index is 723. The molecule has 0 fully saturated rings. The van der Waals surface area contributed by atoms with Crippen molar-refractivity contribution in [3.63, 3.8) is 0 Å². The summed E-state index contributed by atoms with van der Waals surface area (Å²) in [5.41, 5.74) is 7.95. The Morgan fingerprint density at radius 1 is 1.05 bits per heavy atom. The number of anilines is 1. The quantitative estimate of drug-likeness (QED) is 0.743. The molecule has 0 saturated carbocycles. The van der Waals surface area contributed by atoms with E-state index in [0.717, 1.165) is 22.3 Å². The lowest BCUT2D eigenvalue weighted by molar-refractivity contribution is 0.435. The van der Waals surface area contributed by atoms with Gasteiger partial charge in [-0.05, 0) is 16.7 Å². The zero-order valence-electron chi connectivity index (χ0n) is 11.1. The van der Waals surface area contributed by atoms with Gasteiger partial charge in [0, 0.05) is 11.1 Å². The van der Waals surface area contributed by atoms with Crippen LogP contribution in [0.25, 0.3) is 22.1 Å². The first-order chi connectivity index (χ1) is 9.18. The van der Waals surface area contributed by atoms with Crippen LogP contribution in [0.4, 0.5) is 5.82 Å². The number of aromatic nitrogens is 1. The van der Waals surface area contributed by atoms with Gasteiger partial charge in [0.25, 0.3) is 0 Å². The molecule has 0 saturated heterocycles. The predicted octanol–water partition coefficient (Wildman–Crippen LogP) is 4.20. The Hall–Kier alpha value is -2.29. The second-order valence-corrected chi connectivity index (χ2v) is 4.99. The van der Waals surface area contributed by atoms with E-state index in [0.29, 0.717) is 5.82 Å². The van der Waals surface area contributed by atoms with Gasteiger partial charge in [0.05, 0.1) is 0 Å². The van der Waals surface area contributed by atoms with Crippen molar-refractivity contribution < 1.29 is 4.52 Å². The van der Waals surface area contributed by atoms with Crippen LogP contribution in [0.1, 0.15) is 25.3 Å². The molecular weight excluding hydrogens is 236 g/mol. The van der Waals surface area contributed by atoms with E-state index in [-0.39, 0.29) is 5.92 Å². The van der Waals surface area contributed by atoms with Crippen molar-refractivity contribution in [2.45, 2.75) is 19.8 Å². The van der Waals surface area contributed by atoms with Gasteiger partial charge in [-0.25, -0.2) is 0 Å². The Kier molecular flexibility index (Phi) is 2.75. The Morgan fingerprint density at radius 3 is 2.58 bits per heavy atom. The van der Waals surface area contributed by atoms with E-state index in [9.17, 15) is 0 Å². The number of nitrogens with zero attached hydrogens (tertiary/aromatic N) is 1. The van der Waals surface area contributed by atoms with Gasteiger partial charge in [-0.2, -0.15) is 0 Å². The largest absolute Gasteiger partial charge is 0.381 e. The van der Waals surface area contributed by atoms with Crippen LogP contribution < -0.4 is 5.73 Å². The molecule has 3 heteroatoms. The van der Waals surface area contributed by atoms with Gasteiger partial charge in [0.2, 0.25) is 0 Å². The molecule has 0 radical (unpaired) electrons. The summed E-state index contributed by atoms with van der Waals surface area (Å²) in [7, 11) is 0.